The zero-order valence-electron chi connectivity index (χ0n) is 10.7. The van der Waals surface area contributed by atoms with Crippen molar-refractivity contribution in [2.75, 3.05) is 39.5 Å². The van der Waals surface area contributed by atoms with E-state index >= 15 is 0 Å². The number of rotatable bonds is 3. The van der Waals surface area contributed by atoms with Gasteiger partial charge >= 0.3 is 0 Å². The van der Waals surface area contributed by atoms with Gasteiger partial charge in [0.05, 0.1) is 50.3 Å². The van der Waals surface area contributed by atoms with Gasteiger partial charge in [-0.2, -0.15) is 5.10 Å². The summed E-state index contributed by atoms with van der Waals surface area (Å²) in [7, 11) is 0. The number of morpholine rings is 1. The molecule has 2 aliphatic rings. The first-order chi connectivity index (χ1) is 9.34. The lowest BCUT2D eigenvalue weighted by Gasteiger charge is -2.34. The van der Waals surface area contributed by atoms with Crippen LogP contribution in [0.25, 0.3) is 0 Å². The fourth-order valence-corrected chi connectivity index (χ4v) is 2.58. The number of aromatic amines is 1. The molecule has 3 rings (SSSR count). The van der Waals surface area contributed by atoms with Crippen molar-refractivity contribution in [2.45, 2.75) is 12.1 Å². The Balaban J connectivity index is 1.61. The summed E-state index contributed by atoms with van der Waals surface area (Å²) < 4.78 is 10.9. The van der Waals surface area contributed by atoms with Crippen molar-refractivity contribution < 1.29 is 14.3 Å². The molecule has 0 saturated carbocycles. The fraction of sp³-hybridized carbons (Fsp3) is 0.667. The Kier molecular flexibility index (Phi) is 3.77. The molecule has 0 spiro atoms. The highest BCUT2D eigenvalue weighted by Crippen LogP contribution is 2.15. The summed E-state index contributed by atoms with van der Waals surface area (Å²) in [5.41, 5.74) is 0.549. The van der Waals surface area contributed by atoms with Gasteiger partial charge in [-0.25, -0.2) is 0 Å². The second kappa shape index (κ2) is 5.68. The van der Waals surface area contributed by atoms with Crippen LogP contribution in [0.4, 0.5) is 0 Å². The Morgan fingerprint density at radius 1 is 1.37 bits per heavy atom. The molecule has 0 aliphatic carbocycles. The predicted molar refractivity (Wildman–Crippen MR) is 66.8 cm³/mol. The van der Waals surface area contributed by atoms with Gasteiger partial charge in [0, 0.05) is 19.3 Å². The molecule has 1 amide bonds. The largest absolute Gasteiger partial charge is 0.379 e. The van der Waals surface area contributed by atoms with Gasteiger partial charge in [0.2, 0.25) is 0 Å². The highest BCUT2D eigenvalue weighted by atomic mass is 16.5. The molecule has 0 radical (unpaired) electrons. The quantitative estimate of drug-likeness (QED) is 0.752. The van der Waals surface area contributed by atoms with Crippen molar-refractivity contribution in [3.8, 4) is 0 Å². The summed E-state index contributed by atoms with van der Waals surface area (Å²) in [5.74, 6) is -0.109. The van der Waals surface area contributed by atoms with Crippen molar-refractivity contribution in [2.24, 2.45) is 0 Å². The molecule has 0 unspecified atom stereocenters. The topological polar surface area (TPSA) is 79.5 Å². The van der Waals surface area contributed by atoms with Gasteiger partial charge in [0.1, 0.15) is 0 Å². The van der Waals surface area contributed by atoms with E-state index in [1.807, 2.05) is 0 Å². The summed E-state index contributed by atoms with van der Waals surface area (Å²) in [5, 5.41) is 9.45. The summed E-state index contributed by atoms with van der Waals surface area (Å²) in [6.07, 6.45) is 3.11. The Morgan fingerprint density at radius 2 is 2.21 bits per heavy atom. The van der Waals surface area contributed by atoms with Gasteiger partial charge in [-0.05, 0) is 0 Å². The zero-order valence-corrected chi connectivity index (χ0v) is 10.7. The summed E-state index contributed by atoms with van der Waals surface area (Å²) in [4.78, 5) is 14.4. The third-order valence-corrected chi connectivity index (χ3v) is 3.64. The number of hydrogen-bond acceptors (Lipinski definition) is 5. The van der Waals surface area contributed by atoms with Gasteiger partial charge in [0.25, 0.3) is 5.91 Å². The Bertz CT molecular complexity index is 417. The molecule has 104 valence electrons. The molecule has 2 N–H and O–H groups in total. The molecule has 0 aromatic carbocycles. The van der Waals surface area contributed by atoms with Gasteiger partial charge < -0.3 is 14.8 Å². The van der Waals surface area contributed by atoms with Crippen LogP contribution < -0.4 is 5.32 Å². The lowest BCUT2D eigenvalue weighted by Crippen LogP contribution is -2.54. The Morgan fingerprint density at radius 3 is 2.95 bits per heavy atom. The minimum absolute atomic E-state index is 0.0282. The Labute approximate surface area is 111 Å². The molecule has 3 heterocycles. The second-order valence-electron chi connectivity index (χ2n) is 4.82. The van der Waals surface area contributed by atoms with Crippen molar-refractivity contribution >= 4 is 5.91 Å². The number of carbonyl (C=O) groups is 1. The molecule has 2 fully saturated rings. The van der Waals surface area contributed by atoms with E-state index in [2.05, 4.69) is 20.4 Å². The highest BCUT2D eigenvalue weighted by Gasteiger charge is 2.35. The summed E-state index contributed by atoms with van der Waals surface area (Å²) >= 11 is 0. The van der Waals surface area contributed by atoms with Crippen LogP contribution in [0, 0.1) is 0 Å². The normalized spacial score (nSPS) is 28.4. The monoisotopic (exact) mass is 266 g/mol. The van der Waals surface area contributed by atoms with Crippen LogP contribution in [-0.4, -0.2) is 72.6 Å². The summed E-state index contributed by atoms with van der Waals surface area (Å²) in [6.45, 7) is 4.51. The molecule has 7 nitrogen and oxygen atoms in total. The van der Waals surface area contributed by atoms with Crippen LogP contribution in [0.15, 0.2) is 12.4 Å². The van der Waals surface area contributed by atoms with Crippen LogP contribution in [0.1, 0.15) is 10.4 Å². The third-order valence-electron chi connectivity index (χ3n) is 3.64. The standard InChI is InChI=1S/C12H18N4O3/c17-12(9-5-13-14-6-9)15-10-7-19-8-11(10)16-1-3-18-4-2-16/h5-6,10-11H,1-4,7-8H2,(H,13,14)(H,15,17)/t10-,11-/m0/s1. The minimum Gasteiger partial charge on any atom is -0.379 e. The molecule has 2 saturated heterocycles. The SMILES string of the molecule is O=C(N[C@H]1COC[C@@H]1N1CCOCC1)c1cn[nH]c1. The number of amides is 1. The molecular weight excluding hydrogens is 248 g/mol. The van der Waals surface area contributed by atoms with E-state index in [9.17, 15) is 4.79 Å². The van der Waals surface area contributed by atoms with Crippen LogP contribution in [0.5, 0.6) is 0 Å². The molecule has 2 aliphatic heterocycles. The van der Waals surface area contributed by atoms with E-state index in [1.54, 1.807) is 6.20 Å². The lowest BCUT2D eigenvalue weighted by molar-refractivity contribution is 0.0108. The van der Waals surface area contributed by atoms with Crippen LogP contribution in [-0.2, 0) is 9.47 Å². The number of nitrogens with zero attached hydrogens (tertiary/aromatic N) is 2. The minimum atomic E-state index is -0.109. The van der Waals surface area contributed by atoms with Crippen molar-refractivity contribution in [1.82, 2.24) is 20.4 Å². The van der Waals surface area contributed by atoms with Crippen LogP contribution >= 0.6 is 0 Å². The Hall–Kier alpha value is -1.44. The van der Waals surface area contributed by atoms with E-state index in [4.69, 9.17) is 9.47 Å². The number of nitrogens with one attached hydrogen (secondary N) is 2. The van der Waals surface area contributed by atoms with Crippen LogP contribution in [0.3, 0.4) is 0 Å². The molecular formula is C12H18N4O3. The molecule has 0 bridgehead atoms. The number of aromatic nitrogens is 2. The highest BCUT2D eigenvalue weighted by molar-refractivity contribution is 5.93. The van der Waals surface area contributed by atoms with Gasteiger partial charge in [0.15, 0.2) is 0 Å². The van der Waals surface area contributed by atoms with Crippen molar-refractivity contribution in [3.63, 3.8) is 0 Å². The number of carbonyl (C=O) groups excluding carboxylic acids is 1. The molecule has 19 heavy (non-hydrogen) atoms. The van der Waals surface area contributed by atoms with E-state index in [-0.39, 0.29) is 18.0 Å². The summed E-state index contributed by atoms with van der Waals surface area (Å²) in [6, 6.07) is 0.264. The molecule has 1 aromatic rings. The second-order valence-corrected chi connectivity index (χ2v) is 4.82. The van der Waals surface area contributed by atoms with E-state index in [0.717, 1.165) is 26.3 Å². The van der Waals surface area contributed by atoms with E-state index in [0.29, 0.717) is 18.8 Å². The third kappa shape index (κ3) is 2.78. The first-order valence-electron chi connectivity index (χ1n) is 6.54. The van der Waals surface area contributed by atoms with Gasteiger partial charge in [-0.3, -0.25) is 14.8 Å². The predicted octanol–water partition coefficient (Wildman–Crippen LogP) is -0.761. The first-order valence-corrected chi connectivity index (χ1v) is 6.54. The molecule has 7 heteroatoms. The first kappa shape index (κ1) is 12.6. The number of ether oxygens (including phenoxy) is 2. The number of hydrogen-bond donors (Lipinski definition) is 2. The maximum atomic E-state index is 12.0. The average Bonchev–Trinajstić information content (AvgIpc) is 3.11. The van der Waals surface area contributed by atoms with Crippen molar-refractivity contribution in [1.29, 1.82) is 0 Å². The number of H-pyrrole nitrogens is 1. The van der Waals surface area contributed by atoms with Crippen molar-refractivity contribution in [3.05, 3.63) is 18.0 Å². The molecule has 2 atom stereocenters. The van der Waals surface area contributed by atoms with Gasteiger partial charge in [-0.15, -0.1) is 0 Å². The van der Waals surface area contributed by atoms with Crippen LogP contribution in [0.2, 0.25) is 0 Å². The zero-order chi connectivity index (χ0) is 13.1. The maximum absolute atomic E-state index is 12.0. The fourth-order valence-electron chi connectivity index (χ4n) is 2.58. The van der Waals surface area contributed by atoms with E-state index < -0.39 is 0 Å². The smallest absolute Gasteiger partial charge is 0.254 e. The van der Waals surface area contributed by atoms with Gasteiger partial charge in [-0.1, -0.05) is 0 Å². The average molecular weight is 266 g/mol. The molecule has 1 aromatic heterocycles. The lowest BCUT2D eigenvalue weighted by atomic mass is 10.1. The van der Waals surface area contributed by atoms with E-state index in [1.165, 1.54) is 6.20 Å². The maximum Gasteiger partial charge on any atom is 0.254 e.